The molecule has 1 amide bonds. The van der Waals surface area contributed by atoms with Crippen molar-refractivity contribution in [2.75, 3.05) is 19.8 Å². The second-order valence-corrected chi connectivity index (χ2v) is 8.85. The fourth-order valence-corrected chi connectivity index (χ4v) is 4.85. The van der Waals surface area contributed by atoms with Crippen LogP contribution in [0.2, 0.25) is 0 Å². The lowest BCUT2D eigenvalue weighted by atomic mass is 9.91. The Morgan fingerprint density at radius 1 is 1.33 bits per heavy atom. The summed E-state index contributed by atoms with van der Waals surface area (Å²) in [4.78, 5) is 15.0. The molecule has 2 fully saturated rings. The number of hydrogen-bond donors (Lipinski definition) is 5. The molecular formula is C18H35N3O5S. The van der Waals surface area contributed by atoms with E-state index in [0.29, 0.717) is 5.92 Å². The third kappa shape index (κ3) is 5.14. The third-order valence-corrected chi connectivity index (χ3v) is 6.56. The summed E-state index contributed by atoms with van der Waals surface area (Å²) in [6.07, 6.45) is -0.0747. The molecule has 0 aromatic carbocycles. The highest BCUT2D eigenvalue weighted by atomic mass is 32.2. The minimum absolute atomic E-state index is 0.143. The fourth-order valence-electron chi connectivity index (χ4n) is 4.17. The number of aliphatic hydroxyl groups excluding tert-OH is 3. The minimum Gasteiger partial charge on any atom is -0.388 e. The van der Waals surface area contributed by atoms with Gasteiger partial charge in [0, 0.05) is 12.6 Å². The Hall–Kier alpha value is -0.420. The smallest absolute Gasteiger partial charge is 0.237 e. The van der Waals surface area contributed by atoms with Crippen LogP contribution in [-0.2, 0) is 9.53 Å². The van der Waals surface area contributed by atoms with Crippen LogP contribution in [-0.4, -0.2) is 94.0 Å². The lowest BCUT2D eigenvalue weighted by Gasteiger charge is -2.44. The Bertz CT molecular complexity index is 496. The number of nitrogens with zero attached hydrogens (tertiary/aromatic N) is 1. The summed E-state index contributed by atoms with van der Waals surface area (Å²) in [5, 5.41) is 33.6. The largest absolute Gasteiger partial charge is 0.388 e. The van der Waals surface area contributed by atoms with Crippen LogP contribution >= 0.6 is 11.8 Å². The van der Waals surface area contributed by atoms with E-state index in [-0.39, 0.29) is 11.9 Å². The van der Waals surface area contributed by atoms with E-state index in [1.807, 2.05) is 7.05 Å². The van der Waals surface area contributed by atoms with Gasteiger partial charge in [-0.2, -0.15) is 0 Å². The summed E-state index contributed by atoms with van der Waals surface area (Å²) in [5.74, 6) is 0.356. The van der Waals surface area contributed by atoms with Crippen molar-refractivity contribution in [2.24, 2.45) is 11.7 Å². The number of carbonyl (C=O) groups is 1. The predicted octanol–water partition coefficient (Wildman–Crippen LogP) is -0.891. The summed E-state index contributed by atoms with van der Waals surface area (Å²) in [5.41, 5.74) is 5.38. The van der Waals surface area contributed by atoms with Crippen LogP contribution in [0.4, 0.5) is 0 Å². The Kier molecular flexibility index (Phi) is 8.35. The number of nitrogens with one attached hydrogen (secondary N) is 1. The maximum atomic E-state index is 12.9. The van der Waals surface area contributed by atoms with Crippen LogP contribution in [0.1, 0.15) is 33.1 Å². The maximum Gasteiger partial charge on any atom is 0.237 e. The van der Waals surface area contributed by atoms with E-state index >= 15 is 0 Å². The number of carbonyl (C=O) groups excluding carboxylic acids is 1. The topological polar surface area (TPSA) is 128 Å². The summed E-state index contributed by atoms with van der Waals surface area (Å²) in [6, 6.07) is -1.42. The van der Waals surface area contributed by atoms with Crippen molar-refractivity contribution >= 4 is 17.7 Å². The zero-order valence-corrected chi connectivity index (χ0v) is 17.4. The first-order valence-electron chi connectivity index (χ1n) is 9.69. The van der Waals surface area contributed by atoms with Crippen LogP contribution in [0, 0.1) is 5.92 Å². The first-order valence-corrected chi connectivity index (χ1v) is 11.0. The van der Waals surface area contributed by atoms with Gasteiger partial charge in [-0.05, 0) is 39.0 Å². The lowest BCUT2D eigenvalue weighted by Crippen LogP contribution is -2.66. The monoisotopic (exact) mass is 405 g/mol. The average Bonchev–Trinajstić information content (AvgIpc) is 2.99. The Balaban J connectivity index is 2.09. The number of thioether (sulfide) groups is 1. The minimum atomic E-state index is -1.36. The molecule has 0 radical (unpaired) electrons. The molecule has 6 N–H and O–H groups in total. The normalized spacial score (nSPS) is 39.9. The van der Waals surface area contributed by atoms with Crippen molar-refractivity contribution in [3.63, 3.8) is 0 Å². The van der Waals surface area contributed by atoms with Gasteiger partial charge in [-0.15, -0.1) is 11.8 Å². The van der Waals surface area contributed by atoms with Crippen molar-refractivity contribution in [3.8, 4) is 0 Å². The second kappa shape index (κ2) is 9.87. The number of likely N-dealkylation sites (tertiary alicyclic amines) is 1. The fraction of sp³-hybridized carbons (Fsp3) is 0.944. The van der Waals surface area contributed by atoms with Gasteiger partial charge in [0.1, 0.15) is 29.9 Å². The van der Waals surface area contributed by atoms with Crippen LogP contribution in [0.5, 0.6) is 0 Å². The predicted molar refractivity (Wildman–Crippen MR) is 105 cm³/mol. The Morgan fingerprint density at radius 3 is 2.56 bits per heavy atom. The van der Waals surface area contributed by atoms with E-state index in [9.17, 15) is 20.1 Å². The quantitative estimate of drug-likeness (QED) is 0.369. The lowest BCUT2D eigenvalue weighted by molar-refractivity contribution is -0.206. The first-order chi connectivity index (χ1) is 12.7. The second-order valence-electron chi connectivity index (χ2n) is 7.92. The molecule has 0 spiro atoms. The van der Waals surface area contributed by atoms with Gasteiger partial charge in [-0.3, -0.25) is 9.69 Å². The number of nitrogens with two attached hydrogens (primary N) is 1. The van der Waals surface area contributed by atoms with E-state index in [1.54, 1.807) is 13.2 Å². The zero-order chi connectivity index (χ0) is 20.3. The van der Waals surface area contributed by atoms with Gasteiger partial charge in [-0.25, -0.2) is 0 Å². The molecule has 2 heterocycles. The van der Waals surface area contributed by atoms with Crippen molar-refractivity contribution in [1.82, 2.24) is 10.2 Å². The number of amides is 1. The van der Waals surface area contributed by atoms with Gasteiger partial charge in [0.25, 0.3) is 0 Å². The number of aliphatic hydroxyl groups is 3. The molecule has 0 aliphatic carbocycles. The molecule has 2 saturated heterocycles. The molecule has 158 valence electrons. The number of likely N-dealkylation sites (N-methyl/N-ethyl adjacent to an activating group) is 1. The van der Waals surface area contributed by atoms with E-state index in [0.717, 1.165) is 25.8 Å². The molecule has 8 nitrogen and oxygen atoms in total. The molecule has 9 atom stereocenters. The van der Waals surface area contributed by atoms with Gasteiger partial charge in [0.15, 0.2) is 0 Å². The van der Waals surface area contributed by atoms with Crippen molar-refractivity contribution in [1.29, 1.82) is 0 Å². The highest BCUT2D eigenvalue weighted by Crippen LogP contribution is 2.30. The van der Waals surface area contributed by atoms with Crippen molar-refractivity contribution in [2.45, 2.75) is 81.1 Å². The summed E-state index contributed by atoms with van der Waals surface area (Å²) in [7, 11) is 1.94. The SMILES string of the molecule is CCC[C@@H]1C[C@@H](C(=O)N[C@@H](C2O[C@H](SC)[C@H](O)[C@@H](O)[C@H]2O)[C@@H](C)N)N(C)C1. The van der Waals surface area contributed by atoms with E-state index in [4.69, 9.17) is 10.5 Å². The molecule has 2 rings (SSSR count). The molecule has 2 aliphatic heterocycles. The van der Waals surface area contributed by atoms with E-state index in [1.165, 1.54) is 11.8 Å². The van der Waals surface area contributed by atoms with E-state index < -0.39 is 41.9 Å². The standard InChI is InChI=1S/C18H35N3O5S/c1-5-6-10-7-11(21(3)8-10)17(25)20-12(9(2)19)16-14(23)13(22)15(24)18(26-16)27-4/h9-16,18,22-24H,5-8,19H2,1-4H3,(H,20,25)/t9-,10-,11+,12-,13+,14-,15-,16?,18-/m1/s1. The summed E-state index contributed by atoms with van der Waals surface area (Å²) in [6.45, 7) is 4.75. The van der Waals surface area contributed by atoms with Gasteiger partial charge >= 0.3 is 0 Å². The van der Waals surface area contributed by atoms with Crippen LogP contribution in [0.3, 0.4) is 0 Å². The van der Waals surface area contributed by atoms with Gasteiger partial charge in [-0.1, -0.05) is 13.3 Å². The third-order valence-electron chi connectivity index (χ3n) is 5.70. The molecule has 1 unspecified atom stereocenters. The number of hydrogen-bond acceptors (Lipinski definition) is 8. The molecule has 27 heavy (non-hydrogen) atoms. The van der Waals surface area contributed by atoms with Gasteiger partial charge in [0.2, 0.25) is 5.91 Å². The van der Waals surface area contributed by atoms with Crippen molar-refractivity contribution < 1.29 is 24.9 Å². The first kappa shape index (κ1) is 22.9. The molecular weight excluding hydrogens is 370 g/mol. The summed E-state index contributed by atoms with van der Waals surface area (Å²) >= 11 is 1.24. The maximum absolute atomic E-state index is 12.9. The van der Waals surface area contributed by atoms with Crippen molar-refractivity contribution in [3.05, 3.63) is 0 Å². The summed E-state index contributed by atoms with van der Waals surface area (Å²) < 4.78 is 5.80. The molecule has 2 aliphatic rings. The number of rotatable bonds is 7. The molecule has 0 aromatic rings. The molecule has 0 saturated carbocycles. The van der Waals surface area contributed by atoms with Crippen LogP contribution in [0.25, 0.3) is 0 Å². The van der Waals surface area contributed by atoms with Crippen LogP contribution < -0.4 is 11.1 Å². The Labute approximate surface area is 165 Å². The zero-order valence-electron chi connectivity index (χ0n) is 16.6. The van der Waals surface area contributed by atoms with Gasteiger partial charge < -0.3 is 31.1 Å². The molecule has 0 aromatic heterocycles. The average molecular weight is 406 g/mol. The van der Waals surface area contributed by atoms with Gasteiger partial charge in [0.05, 0.1) is 12.1 Å². The molecule has 0 bridgehead atoms. The highest BCUT2D eigenvalue weighted by molar-refractivity contribution is 7.99. The highest BCUT2D eigenvalue weighted by Gasteiger charge is 2.48. The number of ether oxygens (including phenoxy) is 1. The van der Waals surface area contributed by atoms with Crippen LogP contribution in [0.15, 0.2) is 0 Å². The molecule has 9 heteroatoms. The van der Waals surface area contributed by atoms with E-state index in [2.05, 4.69) is 17.1 Å². The Morgan fingerprint density at radius 2 is 2.00 bits per heavy atom.